The summed E-state index contributed by atoms with van der Waals surface area (Å²) in [5.74, 6) is 1.03. The maximum Gasteiger partial charge on any atom is 0.225 e. The quantitative estimate of drug-likeness (QED) is 0.902. The lowest BCUT2D eigenvalue weighted by Gasteiger charge is -2.32. The van der Waals surface area contributed by atoms with Crippen LogP contribution in [-0.2, 0) is 4.79 Å². The molecule has 24 heavy (non-hydrogen) atoms. The monoisotopic (exact) mass is 329 g/mol. The van der Waals surface area contributed by atoms with Crippen LogP contribution in [0.25, 0.3) is 10.9 Å². The number of nitrogens with one attached hydrogen (secondary N) is 2. The molecule has 1 amide bonds. The topological polar surface area (TPSA) is 67.0 Å². The normalized spacial score (nSPS) is 21.7. The number of hydrogen-bond donors (Lipinski definition) is 2. The number of rotatable bonds is 3. The van der Waals surface area contributed by atoms with Crippen molar-refractivity contribution in [2.45, 2.75) is 65.5 Å². The van der Waals surface area contributed by atoms with E-state index in [-0.39, 0.29) is 23.5 Å². The Hall–Kier alpha value is -2.04. The SMILES string of the molecule is Cc1c(OC2CCCC(NC(=O)C(C)(C)C)C2)ccc2[nH]ncc12. The number of H-pyrrole nitrogens is 1. The van der Waals surface area contributed by atoms with E-state index < -0.39 is 0 Å². The van der Waals surface area contributed by atoms with Crippen molar-refractivity contribution >= 4 is 16.8 Å². The Morgan fingerprint density at radius 1 is 1.33 bits per heavy atom. The van der Waals surface area contributed by atoms with E-state index in [1.54, 1.807) is 0 Å². The van der Waals surface area contributed by atoms with Crippen LogP contribution in [0.15, 0.2) is 18.3 Å². The minimum Gasteiger partial charge on any atom is -0.490 e. The van der Waals surface area contributed by atoms with Crippen molar-refractivity contribution in [1.82, 2.24) is 15.5 Å². The molecule has 2 aromatic rings. The third-order valence-corrected chi connectivity index (χ3v) is 4.78. The fraction of sp³-hybridized carbons (Fsp3) is 0.579. The van der Waals surface area contributed by atoms with Gasteiger partial charge in [-0.05, 0) is 38.3 Å². The van der Waals surface area contributed by atoms with Gasteiger partial charge in [0.15, 0.2) is 0 Å². The van der Waals surface area contributed by atoms with E-state index in [1.807, 2.05) is 39.1 Å². The van der Waals surface area contributed by atoms with Crippen LogP contribution < -0.4 is 10.1 Å². The Morgan fingerprint density at radius 2 is 2.12 bits per heavy atom. The number of ether oxygens (including phenoxy) is 1. The molecule has 0 saturated heterocycles. The molecule has 1 aliphatic rings. The molecule has 2 N–H and O–H groups in total. The number of benzene rings is 1. The van der Waals surface area contributed by atoms with Crippen molar-refractivity contribution < 1.29 is 9.53 Å². The third-order valence-electron chi connectivity index (χ3n) is 4.78. The van der Waals surface area contributed by atoms with Gasteiger partial charge < -0.3 is 10.1 Å². The molecule has 2 unspecified atom stereocenters. The molecule has 2 atom stereocenters. The van der Waals surface area contributed by atoms with Gasteiger partial charge in [-0.3, -0.25) is 9.89 Å². The van der Waals surface area contributed by atoms with E-state index in [1.165, 1.54) is 0 Å². The minimum atomic E-state index is -0.350. The minimum absolute atomic E-state index is 0.115. The Morgan fingerprint density at radius 3 is 2.88 bits per heavy atom. The van der Waals surface area contributed by atoms with E-state index in [2.05, 4.69) is 22.4 Å². The zero-order valence-electron chi connectivity index (χ0n) is 15.0. The first kappa shape index (κ1) is 16.8. The summed E-state index contributed by atoms with van der Waals surface area (Å²) in [6, 6.07) is 4.22. The average molecular weight is 329 g/mol. The lowest BCUT2D eigenvalue weighted by Crippen LogP contribution is -2.45. The molecular weight excluding hydrogens is 302 g/mol. The number of fused-ring (bicyclic) bond motifs is 1. The number of carbonyl (C=O) groups is 1. The standard InChI is InChI=1S/C19H27N3O2/c1-12-15-11-20-22-16(15)8-9-17(12)24-14-7-5-6-13(10-14)21-18(23)19(2,3)4/h8-9,11,13-14H,5-7,10H2,1-4H3,(H,20,22)(H,21,23). The number of nitrogens with zero attached hydrogens (tertiary/aromatic N) is 1. The molecule has 1 aromatic heterocycles. The Balaban J connectivity index is 1.66. The van der Waals surface area contributed by atoms with Crippen LogP contribution >= 0.6 is 0 Å². The summed E-state index contributed by atoms with van der Waals surface area (Å²) in [6.45, 7) is 7.91. The number of carbonyl (C=O) groups excluding carboxylic acids is 1. The van der Waals surface area contributed by atoms with Crippen molar-refractivity contribution in [2.24, 2.45) is 5.41 Å². The molecule has 1 aliphatic carbocycles. The summed E-state index contributed by atoms with van der Waals surface area (Å²) in [7, 11) is 0. The van der Waals surface area contributed by atoms with Crippen LogP contribution in [0.3, 0.4) is 0 Å². The van der Waals surface area contributed by atoms with Crippen LogP contribution in [0.2, 0.25) is 0 Å². The second-order valence-electron chi connectivity index (χ2n) is 7.85. The number of amides is 1. The van der Waals surface area contributed by atoms with Crippen LogP contribution in [0, 0.1) is 12.3 Å². The molecule has 1 aromatic carbocycles. The highest BCUT2D eigenvalue weighted by atomic mass is 16.5. The van der Waals surface area contributed by atoms with Gasteiger partial charge in [-0.15, -0.1) is 0 Å². The molecular formula is C19H27N3O2. The molecule has 1 heterocycles. The van der Waals surface area contributed by atoms with Crippen LogP contribution in [0.1, 0.15) is 52.0 Å². The highest BCUT2D eigenvalue weighted by molar-refractivity contribution is 5.83. The van der Waals surface area contributed by atoms with Crippen molar-refractivity contribution in [3.8, 4) is 5.75 Å². The molecule has 5 nitrogen and oxygen atoms in total. The van der Waals surface area contributed by atoms with Gasteiger partial charge in [-0.2, -0.15) is 5.10 Å². The third kappa shape index (κ3) is 3.55. The van der Waals surface area contributed by atoms with Crippen molar-refractivity contribution in [1.29, 1.82) is 0 Å². The Kier molecular flexibility index (Phi) is 4.52. The van der Waals surface area contributed by atoms with E-state index in [4.69, 9.17) is 4.74 Å². The predicted molar refractivity (Wildman–Crippen MR) is 95.1 cm³/mol. The lowest BCUT2D eigenvalue weighted by atomic mass is 9.90. The Labute approximate surface area is 143 Å². The second-order valence-corrected chi connectivity index (χ2v) is 7.85. The number of aromatic amines is 1. The van der Waals surface area contributed by atoms with E-state index in [0.29, 0.717) is 0 Å². The first-order chi connectivity index (χ1) is 11.3. The van der Waals surface area contributed by atoms with Gasteiger partial charge in [0.2, 0.25) is 5.91 Å². The summed E-state index contributed by atoms with van der Waals surface area (Å²) in [5, 5.41) is 11.3. The zero-order valence-corrected chi connectivity index (χ0v) is 15.0. The maximum atomic E-state index is 12.2. The van der Waals surface area contributed by atoms with Crippen LogP contribution in [0.4, 0.5) is 0 Å². The van der Waals surface area contributed by atoms with Crippen molar-refractivity contribution in [3.05, 3.63) is 23.9 Å². The smallest absolute Gasteiger partial charge is 0.225 e. The first-order valence-electron chi connectivity index (χ1n) is 8.75. The van der Waals surface area contributed by atoms with Gasteiger partial charge in [0, 0.05) is 28.8 Å². The molecule has 1 fully saturated rings. The number of aryl methyl sites for hydroxylation is 1. The summed E-state index contributed by atoms with van der Waals surface area (Å²) in [6.07, 6.45) is 5.99. The largest absolute Gasteiger partial charge is 0.490 e. The molecule has 0 radical (unpaired) electrons. The summed E-state index contributed by atoms with van der Waals surface area (Å²) < 4.78 is 6.27. The summed E-state index contributed by atoms with van der Waals surface area (Å²) in [4.78, 5) is 12.2. The first-order valence-corrected chi connectivity index (χ1v) is 8.75. The van der Waals surface area contributed by atoms with Crippen molar-refractivity contribution in [3.63, 3.8) is 0 Å². The molecule has 0 bridgehead atoms. The number of hydrogen-bond acceptors (Lipinski definition) is 3. The maximum absolute atomic E-state index is 12.2. The van der Waals surface area contributed by atoms with E-state index in [9.17, 15) is 4.79 Å². The molecule has 1 saturated carbocycles. The van der Waals surface area contributed by atoms with Crippen molar-refractivity contribution in [2.75, 3.05) is 0 Å². The summed E-state index contributed by atoms with van der Waals surface area (Å²) in [5.41, 5.74) is 1.79. The van der Waals surface area contributed by atoms with E-state index >= 15 is 0 Å². The Bertz CT molecular complexity index is 730. The second kappa shape index (κ2) is 6.46. The zero-order chi connectivity index (χ0) is 17.3. The highest BCUT2D eigenvalue weighted by Gasteiger charge is 2.29. The average Bonchev–Trinajstić information content (AvgIpc) is 2.99. The van der Waals surface area contributed by atoms with Crippen LogP contribution in [-0.4, -0.2) is 28.3 Å². The van der Waals surface area contributed by atoms with E-state index in [0.717, 1.165) is 47.9 Å². The van der Waals surface area contributed by atoms with Gasteiger partial charge in [-0.25, -0.2) is 0 Å². The molecule has 5 heteroatoms. The molecule has 0 spiro atoms. The molecule has 130 valence electrons. The van der Waals surface area contributed by atoms with Gasteiger partial charge in [0.05, 0.1) is 11.7 Å². The highest BCUT2D eigenvalue weighted by Crippen LogP contribution is 2.30. The predicted octanol–water partition coefficient (Wildman–Crippen LogP) is 3.72. The van der Waals surface area contributed by atoms with Crippen LogP contribution in [0.5, 0.6) is 5.75 Å². The molecule has 3 rings (SSSR count). The van der Waals surface area contributed by atoms with Gasteiger partial charge >= 0.3 is 0 Å². The summed E-state index contributed by atoms with van der Waals surface area (Å²) >= 11 is 0. The number of aromatic nitrogens is 2. The van der Waals surface area contributed by atoms with Gasteiger partial charge in [0.1, 0.15) is 11.9 Å². The fourth-order valence-electron chi connectivity index (χ4n) is 3.23. The van der Waals surface area contributed by atoms with Gasteiger partial charge in [0.25, 0.3) is 0 Å². The van der Waals surface area contributed by atoms with Gasteiger partial charge in [-0.1, -0.05) is 20.8 Å². The fourth-order valence-corrected chi connectivity index (χ4v) is 3.23. The lowest BCUT2D eigenvalue weighted by molar-refractivity contribution is -0.129. The molecule has 0 aliphatic heterocycles.